The van der Waals surface area contributed by atoms with Gasteiger partial charge in [-0.15, -0.1) is 0 Å². The Balaban J connectivity index is 2.06. The molecule has 1 heterocycles. The molecule has 0 spiro atoms. The van der Waals surface area contributed by atoms with Crippen LogP contribution in [-0.2, 0) is 9.47 Å². The molecule has 1 rings (SSSR count). The first-order valence-corrected chi connectivity index (χ1v) is 6.76. The lowest BCUT2D eigenvalue weighted by Crippen LogP contribution is -2.45. The highest BCUT2D eigenvalue weighted by molar-refractivity contribution is 4.85. The van der Waals surface area contributed by atoms with Gasteiger partial charge in [0.15, 0.2) is 0 Å². The maximum Gasteiger partial charge on any atom is 0.0697 e. The third-order valence-corrected chi connectivity index (χ3v) is 3.48. The SMILES string of the molecule is CCC1(C)CC(NCCCOCCO)CCO1. The van der Waals surface area contributed by atoms with E-state index in [4.69, 9.17) is 14.6 Å². The molecule has 0 saturated carbocycles. The Morgan fingerprint density at radius 2 is 2.29 bits per heavy atom. The molecule has 2 unspecified atom stereocenters. The molecule has 1 aliphatic heterocycles. The molecule has 0 bridgehead atoms. The minimum Gasteiger partial charge on any atom is -0.394 e. The lowest BCUT2D eigenvalue weighted by Gasteiger charge is -2.38. The highest BCUT2D eigenvalue weighted by atomic mass is 16.5. The smallest absolute Gasteiger partial charge is 0.0697 e. The van der Waals surface area contributed by atoms with Crippen molar-refractivity contribution in [3.63, 3.8) is 0 Å². The third kappa shape index (κ3) is 5.82. The summed E-state index contributed by atoms with van der Waals surface area (Å²) in [7, 11) is 0. The maximum absolute atomic E-state index is 8.56. The molecule has 102 valence electrons. The standard InChI is InChI=1S/C13H27NO3/c1-3-13(2)11-12(5-9-17-13)14-6-4-8-16-10-7-15/h12,14-15H,3-11H2,1-2H3. The first kappa shape index (κ1) is 14.9. The van der Waals surface area contributed by atoms with Crippen molar-refractivity contribution in [2.45, 2.75) is 51.2 Å². The molecule has 0 radical (unpaired) electrons. The molecule has 0 aromatic carbocycles. The van der Waals surface area contributed by atoms with Gasteiger partial charge >= 0.3 is 0 Å². The van der Waals surface area contributed by atoms with E-state index in [2.05, 4.69) is 19.2 Å². The summed E-state index contributed by atoms with van der Waals surface area (Å²) >= 11 is 0. The minimum absolute atomic E-state index is 0.0588. The zero-order chi connectivity index (χ0) is 12.6. The van der Waals surface area contributed by atoms with Crippen LogP contribution in [0.5, 0.6) is 0 Å². The summed E-state index contributed by atoms with van der Waals surface area (Å²) in [5, 5.41) is 12.1. The van der Waals surface area contributed by atoms with Gasteiger partial charge in [-0.1, -0.05) is 6.92 Å². The summed E-state index contributed by atoms with van der Waals surface area (Å²) in [4.78, 5) is 0. The lowest BCUT2D eigenvalue weighted by molar-refractivity contribution is -0.0779. The van der Waals surface area contributed by atoms with Gasteiger partial charge in [0.2, 0.25) is 0 Å². The fraction of sp³-hybridized carbons (Fsp3) is 1.00. The Hall–Kier alpha value is -0.160. The van der Waals surface area contributed by atoms with E-state index < -0.39 is 0 Å². The number of ether oxygens (including phenoxy) is 2. The van der Waals surface area contributed by atoms with Gasteiger partial charge in [-0.25, -0.2) is 0 Å². The summed E-state index contributed by atoms with van der Waals surface area (Å²) in [6.45, 7) is 7.52. The van der Waals surface area contributed by atoms with Gasteiger partial charge in [0.05, 0.1) is 18.8 Å². The number of nitrogens with one attached hydrogen (secondary N) is 1. The second kappa shape index (κ2) is 8.03. The van der Waals surface area contributed by atoms with E-state index in [1.165, 1.54) is 0 Å². The van der Waals surface area contributed by atoms with Crippen molar-refractivity contribution in [3.8, 4) is 0 Å². The van der Waals surface area contributed by atoms with Gasteiger partial charge < -0.3 is 19.9 Å². The predicted octanol–water partition coefficient (Wildman–Crippen LogP) is 1.32. The summed E-state index contributed by atoms with van der Waals surface area (Å²) in [5.74, 6) is 0. The molecule has 0 amide bonds. The van der Waals surface area contributed by atoms with Crippen molar-refractivity contribution in [2.75, 3.05) is 33.0 Å². The number of aliphatic hydroxyl groups excluding tert-OH is 1. The van der Waals surface area contributed by atoms with Gasteiger partial charge in [0.1, 0.15) is 0 Å². The molecule has 0 aromatic heterocycles. The Bertz CT molecular complexity index is 201. The van der Waals surface area contributed by atoms with Crippen LogP contribution in [0.15, 0.2) is 0 Å². The van der Waals surface area contributed by atoms with E-state index in [0.717, 1.165) is 45.4 Å². The second-order valence-corrected chi connectivity index (χ2v) is 4.99. The zero-order valence-corrected chi connectivity index (χ0v) is 11.2. The lowest BCUT2D eigenvalue weighted by atomic mass is 9.90. The Labute approximate surface area is 105 Å². The summed E-state index contributed by atoms with van der Waals surface area (Å²) in [5.41, 5.74) is 0.0588. The van der Waals surface area contributed by atoms with E-state index in [0.29, 0.717) is 12.6 Å². The molecule has 0 aromatic rings. The van der Waals surface area contributed by atoms with Crippen LogP contribution in [0.1, 0.15) is 39.5 Å². The quantitative estimate of drug-likeness (QED) is 0.633. The van der Waals surface area contributed by atoms with E-state index in [9.17, 15) is 0 Å². The largest absolute Gasteiger partial charge is 0.394 e. The highest BCUT2D eigenvalue weighted by Gasteiger charge is 2.30. The van der Waals surface area contributed by atoms with Crippen molar-refractivity contribution < 1.29 is 14.6 Å². The first-order chi connectivity index (χ1) is 8.20. The molecular formula is C13H27NO3. The number of hydrogen-bond acceptors (Lipinski definition) is 4. The van der Waals surface area contributed by atoms with Crippen LogP contribution in [0.3, 0.4) is 0 Å². The molecule has 1 fully saturated rings. The van der Waals surface area contributed by atoms with Crippen LogP contribution in [0, 0.1) is 0 Å². The predicted molar refractivity (Wildman–Crippen MR) is 68.2 cm³/mol. The fourth-order valence-electron chi connectivity index (χ4n) is 2.20. The van der Waals surface area contributed by atoms with Crippen LogP contribution < -0.4 is 5.32 Å². The molecular weight excluding hydrogens is 218 g/mol. The average Bonchev–Trinajstić information content (AvgIpc) is 2.34. The number of rotatable bonds is 8. The van der Waals surface area contributed by atoms with E-state index in [-0.39, 0.29) is 12.2 Å². The maximum atomic E-state index is 8.56. The molecule has 4 nitrogen and oxygen atoms in total. The van der Waals surface area contributed by atoms with Crippen molar-refractivity contribution in [1.29, 1.82) is 0 Å². The second-order valence-electron chi connectivity index (χ2n) is 4.99. The number of aliphatic hydroxyl groups is 1. The molecule has 1 saturated heterocycles. The normalized spacial score (nSPS) is 29.5. The van der Waals surface area contributed by atoms with Crippen LogP contribution in [0.2, 0.25) is 0 Å². The summed E-state index contributed by atoms with van der Waals surface area (Å²) in [6.07, 6.45) is 4.28. The van der Waals surface area contributed by atoms with Crippen molar-refractivity contribution in [1.82, 2.24) is 5.32 Å². The van der Waals surface area contributed by atoms with E-state index in [1.807, 2.05) is 0 Å². The number of hydrogen-bond donors (Lipinski definition) is 2. The van der Waals surface area contributed by atoms with Gasteiger partial charge in [0.25, 0.3) is 0 Å². The summed E-state index contributed by atoms with van der Waals surface area (Å²) < 4.78 is 11.0. The Morgan fingerprint density at radius 1 is 1.47 bits per heavy atom. The molecule has 0 aliphatic carbocycles. The first-order valence-electron chi connectivity index (χ1n) is 6.76. The monoisotopic (exact) mass is 245 g/mol. The van der Waals surface area contributed by atoms with Crippen LogP contribution >= 0.6 is 0 Å². The van der Waals surface area contributed by atoms with Crippen molar-refractivity contribution in [2.24, 2.45) is 0 Å². The van der Waals surface area contributed by atoms with Gasteiger partial charge in [-0.3, -0.25) is 0 Å². The van der Waals surface area contributed by atoms with Gasteiger partial charge in [-0.05, 0) is 39.2 Å². The third-order valence-electron chi connectivity index (χ3n) is 3.48. The molecule has 1 aliphatic rings. The Morgan fingerprint density at radius 3 is 3.00 bits per heavy atom. The molecule has 4 heteroatoms. The summed E-state index contributed by atoms with van der Waals surface area (Å²) in [6, 6.07) is 0.576. The molecule has 2 N–H and O–H groups in total. The van der Waals surface area contributed by atoms with Crippen LogP contribution in [0.4, 0.5) is 0 Å². The fourth-order valence-corrected chi connectivity index (χ4v) is 2.20. The van der Waals surface area contributed by atoms with Crippen molar-refractivity contribution >= 4 is 0 Å². The van der Waals surface area contributed by atoms with Gasteiger partial charge in [-0.2, -0.15) is 0 Å². The zero-order valence-electron chi connectivity index (χ0n) is 11.2. The minimum atomic E-state index is 0.0588. The van der Waals surface area contributed by atoms with E-state index in [1.54, 1.807) is 0 Å². The van der Waals surface area contributed by atoms with E-state index >= 15 is 0 Å². The average molecular weight is 245 g/mol. The molecule has 17 heavy (non-hydrogen) atoms. The van der Waals surface area contributed by atoms with Gasteiger partial charge in [0, 0.05) is 19.3 Å². The van der Waals surface area contributed by atoms with Crippen LogP contribution in [0.25, 0.3) is 0 Å². The topological polar surface area (TPSA) is 50.7 Å². The van der Waals surface area contributed by atoms with Crippen molar-refractivity contribution in [3.05, 3.63) is 0 Å². The molecule has 2 atom stereocenters. The highest BCUT2D eigenvalue weighted by Crippen LogP contribution is 2.27. The van der Waals surface area contributed by atoms with Crippen LogP contribution in [-0.4, -0.2) is 49.7 Å². The Kier molecular flexibility index (Phi) is 7.04.